The van der Waals surface area contributed by atoms with Crippen LogP contribution in [-0.4, -0.2) is 24.9 Å². The van der Waals surface area contributed by atoms with Gasteiger partial charge in [0.05, 0.1) is 31.2 Å². The van der Waals surface area contributed by atoms with Crippen LogP contribution in [0.2, 0.25) is 20.1 Å². The molecule has 0 unspecified atom stereocenters. The monoisotopic (exact) mass is 382 g/mol. The summed E-state index contributed by atoms with van der Waals surface area (Å²) < 4.78 is 0. The molecule has 2 aliphatic heterocycles. The largest absolute Gasteiger partial charge is 0.352 e. The van der Waals surface area contributed by atoms with E-state index in [1.165, 1.54) is 0 Å². The predicted molar refractivity (Wildman–Crippen MR) is 89.6 cm³/mol. The van der Waals surface area contributed by atoms with E-state index in [4.69, 9.17) is 46.4 Å². The minimum Gasteiger partial charge on any atom is -0.352 e. The fraction of sp³-hybridized carbons (Fsp3) is 0.429. The molecular weight excluding hydrogens is 370 g/mol. The highest BCUT2D eigenvalue weighted by molar-refractivity contribution is 6.52. The fourth-order valence-electron chi connectivity index (χ4n) is 2.21. The number of fused-ring (bicyclic) bond motifs is 11. The average molecular weight is 384 g/mol. The van der Waals surface area contributed by atoms with Gasteiger partial charge in [0.1, 0.15) is 0 Å². The van der Waals surface area contributed by atoms with Gasteiger partial charge in [-0.2, -0.15) is 0 Å². The molecule has 2 heterocycles. The number of carbonyl (C=O) groups is 2. The Morgan fingerprint density at radius 3 is 1.23 bits per heavy atom. The fourth-order valence-corrected chi connectivity index (χ4v) is 3.41. The van der Waals surface area contributed by atoms with Crippen molar-refractivity contribution in [3.8, 4) is 0 Å². The van der Waals surface area contributed by atoms with E-state index in [0.717, 1.165) is 25.7 Å². The molecular formula is C14H14Cl4N2O2. The van der Waals surface area contributed by atoms with E-state index >= 15 is 0 Å². The van der Waals surface area contributed by atoms with E-state index in [0.29, 0.717) is 13.1 Å². The maximum atomic E-state index is 12.2. The Balaban J connectivity index is 2.54. The zero-order valence-corrected chi connectivity index (χ0v) is 14.6. The molecule has 2 N–H and O–H groups in total. The van der Waals surface area contributed by atoms with Crippen LogP contribution in [0.25, 0.3) is 0 Å². The molecule has 2 amide bonds. The number of benzene rings is 1. The molecule has 8 heteroatoms. The smallest absolute Gasteiger partial charge is 0.254 e. The summed E-state index contributed by atoms with van der Waals surface area (Å²) in [5, 5.41) is 5.18. The van der Waals surface area contributed by atoms with Crippen molar-refractivity contribution in [3.63, 3.8) is 0 Å². The lowest BCUT2D eigenvalue weighted by Crippen LogP contribution is -2.28. The van der Waals surface area contributed by atoms with Gasteiger partial charge in [-0.3, -0.25) is 9.59 Å². The number of nitrogens with one attached hydrogen (secondary N) is 2. The minimum atomic E-state index is -0.456. The minimum absolute atomic E-state index is 0.00746. The van der Waals surface area contributed by atoms with Gasteiger partial charge in [0.2, 0.25) is 0 Å². The van der Waals surface area contributed by atoms with Crippen molar-refractivity contribution in [2.24, 2.45) is 0 Å². The van der Waals surface area contributed by atoms with Crippen LogP contribution < -0.4 is 10.6 Å². The third kappa shape index (κ3) is 3.62. The molecule has 0 aromatic heterocycles. The molecule has 0 atom stereocenters. The number of rotatable bonds is 0. The van der Waals surface area contributed by atoms with Crippen molar-refractivity contribution in [3.05, 3.63) is 31.2 Å². The Bertz CT molecular complexity index is 537. The van der Waals surface area contributed by atoms with Gasteiger partial charge in [-0.1, -0.05) is 59.2 Å². The Morgan fingerprint density at radius 1 is 0.591 bits per heavy atom. The van der Waals surface area contributed by atoms with Gasteiger partial charge < -0.3 is 10.6 Å². The van der Waals surface area contributed by atoms with Crippen molar-refractivity contribution in [2.75, 3.05) is 13.1 Å². The Morgan fingerprint density at radius 2 is 0.909 bits per heavy atom. The van der Waals surface area contributed by atoms with Crippen LogP contribution in [0.15, 0.2) is 0 Å². The maximum Gasteiger partial charge on any atom is 0.254 e. The van der Waals surface area contributed by atoms with E-state index in [9.17, 15) is 9.59 Å². The number of carbonyl (C=O) groups excluding carboxylic acids is 2. The van der Waals surface area contributed by atoms with Gasteiger partial charge in [-0.25, -0.2) is 0 Å². The van der Waals surface area contributed by atoms with Crippen LogP contribution in [0.4, 0.5) is 0 Å². The highest BCUT2D eigenvalue weighted by Crippen LogP contribution is 2.41. The van der Waals surface area contributed by atoms with Crippen molar-refractivity contribution in [1.82, 2.24) is 10.6 Å². The van der Waals surface area contributed by atoms with E-state index in [1.54, 1.807) is 0 Å². The van der Waals surface area contributed by atoms with Gasteiger partial charge in [0, 0.05) is 13.1 Å². The van der Waals surface area contributed by atoms with Gasteiger partial charge >= 0.3 is 0 Å². The van der Waals surface area contributed by atoms with Gasteiger partial charge in [0.15, 0.2) is 0 Å². The molecule has 4 nitrogen and oxygen atoms in total. The zero-order chi connectivity index (χ0) is 16.3. The van der Waals surface area contributed by atoms with E-state index in [2.05, 4.69) is 10.6 Å². The molecule has 1 aromatic carbocycles. The van der Waals surface area contributed by atoms with Crippen LogP contribution in [0.3, 0.4) is 0 Å². The summed E-state index contributed by atoms with van der Waals surface area (Å²) in [6, 6.07) is 0. The lowest BCUT2D eigenvalue weighted by molar-refractivity contribution is 0.0940. The molecule has 2 bridgehead atoms. The van der Waals surface area contributed by atoms with Crippen molar-refractivity contribution in [2.45, 2.75) is 25.7 Å². The number of hydrogen-bond acceptors (Lipinski definition) is 2. The first-order valence-electron chi connectivity index (χ1n) is 6.87. The summed E-state index contributed by atoms with van der Waals surface area (Å²) in [5.74, 6) is -0.911. The number of amides is 2. The molecule has 2 aliphatic rings. The van der Waals surface area contributed by atoms with Crippen molar-refractivity contribution >= 4 is 58.2 Å². The van der Waals surface area contributed by atoms with Crippen LogP contribution >= 0.6 is 46.4 Å². The molecule has 3 rings (SSSR count). The molecule has 0 spiro atoms. The topological polar surface area (TPSA) is 58.2 Å². The lowest BCUT2D eigenvalue weighted by atomic mass is 10.1. The molecule has 120 valence electrons. The molecule has 0 saturated heterocycles. The second-order valence-corrected chi connectivity index (χ2v) is 6.44. The Labute approximate surface area is 148 Å². The summed E-state index contributed by atoms with van der Waals surface area (Å²) in [6.07, 6.45) is 3.57. The van der Waals surface area contributed by atoms with Gasteiger partial charge in [0.25, 0.3) is 11.8 Å². The third-order valence-corrected chi connectivity index (χ3v) is 5.10. The summed E-state index contributed by atoms with van der Waals surface area (Å²) in [7, 11) is 0. The maximum absolute atomic E-state index is 12.2. The lowest BCUT2D eigenvalue weighted by Gasteiger charge is -2.16. The second-order valence-electron chi connectivity index (χ2n) is 4.93. The number of halogens is 4. The van der Waals surface area contributed by atoms with Crippen molar-refractivity contribution in [1.29, 1.82) is 0 Å². The molecule has 22 heavy (non-hydrogen) atoms. The molecule has 1 aromatic rings. The molecule has 0 radical (unpaired) electrons. The number of hydrogen-bond donors (Lipinski definition) is 2. The van der Waals surface area contributed by atoms with Crippen LogP contribution in [0, 0.1) is 0 Å². The Hall–Kier alpha value is -0.680. The third-order valence-electron chi connectivity index (χ3n) is 3.39. The first-order chi connectivity index (χ1) is 10.4. The first-order valence-corrected chi connectivity index (χ1v) is 8.38. The summed E-state index contributed by atoms with van der Waals surface area (Å²) in [4.78, 5) is 24.4. The zero-order valence-electron chi connectivity index (χ0n) is 11.6. The average Bonchev–Trinajstić information content (AvgIpc) is 2.47. The standard InChI is InChI=1S/C14H14Cl4N2O2/c15-9-7-10(16)12(18)8(11(9)17)14(22)20-6-4-2-1-3-5-19-13(7)21/h1-6H2,(H,19,21)(H,20,22). The summed E-state index contributed by atoms with van der Waals surface area (Å²) in [6.45, 7) is 1.02. The van der Waals surface area contributed by atoms with Gasteiger partial charge in [-0.05, 0) is 12.8 Å². The van der Waals surface area contributed by atoms with Crippen LogP contribution in [-0.2, 0) is 0 Å². The first kappa shape index (κ1) is 17.7. The molecule has 0 saturated carbocycles. The SMILES string of the molecule is O=C1NCCCCCCNC(=O)c2c(Cl)c(Cl)c1c(Cl)c2Cl. The van der Waals surface area contributed by atoms with E-state index in [1.807, 2.05) is 0 Å². The summed E-state index contributed by atoms with van der Waals surface area (Å²) >= 11 is 24.5. The van der Waals surface area contributed by atoms with Crippen LogP contribution in [0.5, 0.6) is 0 Å². The van der Waals surface area contributed by atoms with Crippen molar-refractivity contribution < 1.29 is 9.59 Å². The normalized spacial score (nSPS) is 16.9. The van der Waals surface area contributed by atoms with Gasteiger partial charge in [-0.15, -0.1) is 0 Å². The highest BCUT2D eigenvalue weighted by atomic mass is 35.5. The van der Waals surface area contributed by atoms with Crippen LogP contribution in [0.1, 0.15) is 46.4 Å². The molecule has 0 aliphatic carbocycles. The molecule has 0 fully saturated rings. The summed E-state index contributed by atoms with van der Waals surface area (Å²) in [5.41, 5.74) is -0.0149. The Kier molecular flexibility index (Phi) is 6.21. The second kappa shape index (κ2) is 7.73. The van der Waals surface area contributed by atoms with E-state index < -0.39 is 11.8 Å². The quantitative estimate of drug-likeness (QED) is 0.655. The highest BCUT2D eigenvalue weighted by Gasteiger charge is 2.27. The van der Waals surface area contributed by atoms with E-state index in [-0.39, 0.29) is 31.2 Å². The predicted octanol–water partition coefficient (Wildman–Crippen LogP) is 4.33.